The zero-order valence-electron chi connectivity index (χ0n) is 15.4. The van der Waals surface area contributed by atoms with Crippen LogP contribution in [-0.4, -0.2) is 42.0 Å². The van der Waals surface area contributed by atoms with Crippen LogP contribution in [0.1, 0.15) is 9.67 Å². The lowest BCUT2D eigenvalue weighted by molar-refractivity contribution is 0.0787. The lowest BCUT2D eigenvalue weighted by Gasteiger charge is -2.17. The molecular weight excluding hydrogens is 390 g/mol. The van der Waals surface area contributed by atoms with Crippen molar-refractivity contribution >= 4 is 29.7 Å². The maximum atomic E-state index is 13.4. The van der Waals surface area contributed by atoms with Crippen molar-refractivity contribution in [3.8, 4) is 21.8 Å². The van der Waals surface area contributed by atoms with Crippen molar-refractivity contribution in [3.05, 3.63) is 65.5 Å². The van der Waals surface area contributed by atoms with Crippen LogP contribution in [0.15, 0.2) is 60.7 Å². The Morgan fingerprint density at radius 1 is 0.929 bits per heavy atom. The lowest BCUT2D eigenvalue weighted by atomic mass is 10.0. The molecule has 1 aromatic heterocycles. The molecule has 0 unspecified atom stereocenters. The number of thiazole rings is 1. The van der Waals surface area contributed by atoms with E-state index in [1.807, 2.05) is 65.6 Å². The monoisotopic (exact) mass is 411 g/mol. The Labute approximate surface area is 175 Å². The molecule has 0 spiro atoms. The van der Waals surface area contributed by atoms with Crippen LogP contribution in [0.3, 0.4) is 0 Å². The van der Waals surface area contributed by atoms with E-state index in [-0.39, 0.29) is 18.3 Å². The summed E-state index contributed by atoms with van der Waals surface area (Å²) in [5.74, 6) is 1.31. The fourth-order valence-corrected chi connectivity index (χ4v) is 5.19. The van der Waals surface area contributed by atoms with Gasteiger partial charge in [-0.1, -0.05) is 60.7 Å². The highest BCUT2D eigenvalue weighted by molar-refractivity contribution is 7.17. The smallest absolute Gasteiger partial charge is 0.266 e. The second-order valence-electron chi connectivity index (χ2n) is 7.32. The first-order valence-electron chi connectivity index (χ1n) is 9.41. The Hall–Kier alpha value is -2.21. The van der Waals surface area contributed by atoms with E-state index < -0.39 is 0 Å². The zero-order valence-corrected chi connectivity index (χ0v) is 17.0. The van der Waals surface area contributed by atoms with Crippen LogP contribution in [0.4, 0.5) is 0 Å². The van der Waals surface area contributed by atoms with Crippen LogP contribution in [-0.2, 0) is 0 Å². The average molecular weight is 412 g/mol. The van der Waals surface area contributed by atoms with Crippen molar-refractivity contribution in [2.45, 2.75) is 0 Å². The highest BCUT2D eigenvalue weighted by atomic mass is 35.5. The molecule has 2 aliphatic heterocycles. The molecule has 3 aromatic rings. The molecule has 1 amide bonds. The molecule has 2 saturated heterocycles. The highest BCUT2D eigenvalue weighted by Crippen LogP contribution is 2.36. The number of nitrogens with one attached hydrogen (secondary N) is 1. The summed E-state index contributed by atoms with van der Waals surface area (Å²) in [4.78, 5) is 21.1. The summed E-state index contributed by atoms with van der Waals surface area (Å²) in [5, 5.41) is 4.34. The third kappa shape index (κ3) is 3.46. The largest absolute Gasteiger partial charge is 0.337 e. The van der Waals surface area contributed by atoms with Crippen LogP contribution in [0.5, 0.6) is 0 Å². The first-order chi connectivity index (χ1) is 13.3. The summed E-state index contributed by atoms with van der Waals surface area (Å²) in [5.41, 5.74) is 2.86. The molecule has 5 rings (SSSR count). The molecule has 2 aromatic carbocycles. The van der Waals surface area contributed by atoms with E-state index in [1.54, 1.807) is 0 Å². The zero-order chi connectivity index (χ0) is 18.2. The van der Waals surface area contributed by atoms with Crippen molar-refractivity contribution in [2.75, 3.05) is 26.2 Å². The number of carbonyl (C=O) groups is 1. The van der Waals surface area contributed by atoms with Crippen LogP contribution in [0.25, 0.3) is 21.8 Å². The van der Waals surface area contributed by atoms with Gasteiger partial charge >= 0.3 is 0 Å². The second kappa shape index (κ2) is 8.03. The van der Waals surface area contributed by atoms with E-state index in [2.05, 4.69) is 5.32 Å². The van der Waals surface area contributed by atoms with Crippen LogP contribution < -0.4 is 5.32 Å². The topological polar surface area (TPSA) is 45.2 Å². The lowest BCUT2D eigenvalue weighted by Crippen LogP contribution is -2.31. The number of nitrogens with zero attached hydrogens (tertiary/aromatic N) is 2. The standard InChI is InChI=1S/C22H21N3OS.ClH/c26-22(25-13-17-11-23-12-18(17)14-25)20-19(15-7-3-1-4-8-15)24-21(27-20)16-9-5-2-6-10-16;/h1-10,17-18,23H,11-14H2;1H/t17-,18+;. The molecule has 0 saturated carbocycles. The Morgan fingerprint density at radius 3 is 2.11 bits per heavy atom. The number of hydrogen-bond donors (Lipinski definition) is 1. The fourth-order valence-electron chi connectivity index (χ4n) is 4.13. The number of aromatic nitrogens is 1. The van der Waals surface area contributed by atoms with E-state index in [4.69, 9.17) is 4.98 Å². The van der Waals surface area contributed by atoms with Gasteiger partial charge in [-0.25, -0.2) is 4.98 Å². The predicted octanol–water partition coefficient (Wildman–Crippen LogP) is 4.19. The highest BCUT2D eigenvalue weighted by Gasteiger charge is 2.39. The molecule has 6 heteroatoms. The number of amides is 1. The average Bonchev–Trinajstić information content (AvgIpc) is 3.43. The second-order valence-corrected chi connectivity index (χ2v) is 8.32. The SMILES string of the molecule is Cl.O=C(c1sc(-c2ccccc2)nc1-c1ccccc1)N1C[C@H]2CNC[C@H]2C1. The molecule has 0 aliphatic carbocycles. The van der Waals surface area contributed by atoms with Gasteiger partial charge in [0.15, 0.2) is 0 Å². The molecule has 0 bridgehead atoms. The van der Waals surface area contributed by atoms with E-state index in [0.29, 0.717) is 11.8 Å². The number of halogens is 1. The molecule has 2 atom stereocenters. The maximum absolute atomic E-state index is 13.4. The predicted molar refractivity (Wildman–Crippen MR) is 116 cm³/mol. The van der Waals surface area contributed by atoms with Gasteiger partial charge in [-0.2, -0.15) is 0 Å². The Balaban J connectivity index is 0.00000192. The van der Waals surface area contributed by atoms with Crippen molar-refractivity contribution in [2.24, 2.45) is 11.8 Å². The molecule has 2 fully saturated rings. The summed E-state index contributed by atoms with van der Waals surface area (Å²) >= 11 is 1.51. The fraction of sp³-hybridized carbons (Fsp3) is 0.273. The Kier molecular flexibility index (Phi) is 5.49. The summed E-state index contributed by atoms with van der Waals surface area (Å²) < 4.78 is 0. The molecule has 2 aliphatic rings. The number of benzene rings is 2. The Morgan fingerprint density at radius 2 is 1.50 bits per heavy atom. The van der Waals surface area contributed by atoms with Crippen molar-refractivity contribution in [1.82, 2.24) is 15.2 Å². The minimum Gasteiger partial charge on any atom is -0.337 e. The molecular formula is C22H22ClN3OS. The number of likely N-dealkylation sites (tertiary alicyclic amines) is 1. The van der Waals surface area contributed by atoms with Gasteiger partial charge in [0.05, 0.1) is 5.69 Å². The summed E-state index contributed by atoms with van der Waals surface area (Å²) in [7, 11) is 0. The van der Waals surface area contributed by atoms with E-state index in [9.17, 15) is 4.79 Å². The first kappa shape index (κ1) is 19.1. The van der Waals surface area contributed by atoms with Gasteiger partial charge in [0.25, 0.3) is 5.91 Å². The van der Waals surface area contributed by atoms with Gasteiger partial charge in [0.1, 0.15) is 9.88 Å². The quantitative estimate of drug-likeness (QED) is 0.702. The first-order valence-corrected chi connectivity index (χ1v) is 10.2. The molecule has 144 valence electrons. The third-order valence-electron chi connectivity index (χ3n) is 5.57. The maximum Gasteiger partial charge on any atom is 0.266 e. The molecule has 4 nitrogen and oxygen atoms in total. The number of carbonyl (C=O) groups excluding carboxylic acids is 1. The van der Waals surface area contributed by atoms with Crippen LogP contribution in [0.2, 0.25) is 0 Å². The van der Waals surface area contributed by atoms with Crippen LogP contribution >= 0.6 is 23.7 Å². The summed E-state index contributed by atoms with van der Waals surface area (Å²) in [6.07, 6.45) is 0. The van der Waals surface area contributed by atoms with Gasteiger partial charge in [0.2, 0.25) is 0 Å². The summed E-state index contributed by atoms with van der Waals surface area (Å²) in [6, 6.07) is 20.2. The van der Waals surface area contributed by atoms with Crippen molar-refractivity contribution < 1.29 is 4.79 Å². The molecule has 28 heavy (non-hydrogen) atoms. The van der Waals surface area contributed by atoms with E-state index in [1.165, 1.54) is 11.3 Å². The Bertz CT molecular complexity index is 948. The van der Waals surface area contributed by atoms with E-state index >= 15 is 0 Å². The van der Waals surface area contributed by atoms with Gasteiger partial charge in [-0.05, 0) is 11.8 Å². The third-order valence-corrected chi connectivity index (χ3v) is 6.66. The molecule has 0 radical (unpaired) electrons. The number of rotatable bonds is 3. The van der Waals surface area contributed by atoms with Crippen molar-refractivity contribution in [3.63, 3.8) is 0 Å². The van der Waals surface area contributed by atoms with E-state index in [0.717, 1.165) is 52.9 Å². The molecule has 3 heterocycles. The number of fused-ring (bicyclic) bond motifs is 1. The number of hydrogen-bond acceptors (Lipinski definition) is 4. The molecule has 1 N–H and O–H groups in total. The minimum absolute atomic E-state index is 0. The van der Waals surface area contributed by atoms with Gasteiger partial charge < -0.3 is 10.2 Å². The van der Waals surface area contributed by atoms with Crippen LogP contribution in [0, 0.1) is 11.8 Å². The minimum atomic E-state index is 0. The normalized spacial score (nSPS) is 20.6. The summed E-state index contributed by atoms with van der Waals surface area (Å²) in [6.45, 7) is 3.75. The van der Waals surface area contributed by atoms with Gasteiger partial charge in [0, 0.05) is 37.3 Å². The van der Waals surface area contributed by atoms with Gasteiger partial charge in [-0.3, -0.25) is 4.79 Å². The van der Waals surface area contributed by atoms with Crippen molar-refractivity contribution in [1.29, 1.82) is 0 Å². The van der Waals surface area contributed by atoms with Gasteiger partial charge in [-0.15, -0.1) is 23.7 Å².